The molecule has 0 radical (unpaired) electrons. The van der Waals surface area contributed by atoms with Gasteiger partial charge in [-0.15, -0.1) is 0 Å². The summed E-state index contributed by atoms with van der Waals surface area (Å²) in [5.41, 5.74) is 1.34. The smallest absolute Gasteiger partial charge is 0.0462 e. The van der Waals surface area contributed by atoms with Gasteiger partial charge >= 0.3 is 0 Å². The first-order chi connectivity index (χ1) is 6.29. The minimum absolute atomic E-state index is 0.271. The van der Waals surface area contributed by atoms with Crippen molar-refractivity contribution in [3.8, 4) is 0 Å². The van der Waals surface area contributed by atoms with Crippen LogP contribution in [-0.2, 0) is 0 Å². The Morgan fingerprint density at radius 1 is 1.23 bits per heavy atom. The highest BCUT2D eigenvalue weighted by Crippen LogP contribution is 2.26. The Morgan fingerprint density at radius 2 is 1.85 bits per heavy atom. The molecule has 1 heteroatoms. The van der Waals surface area contributed by atoms with Gasteiger partial charge in [-0.05, 0) is 23.8 Å². The lowest BCUT2D eigenvalue weighted by molar-refractivity contribution is 0.213. The molecule has 1 aromatic rings. The van der Waals surface area contributed by atoms with Crippen LogP contribution in [0.25, 0.3) is 0 Å². The summed E-state index contributed by atoms with van der Waals surface area (Å²) >= 11 is 0. The van der Waals surface area contributed by atoms with E-state index in [1.54, 1.807) is 0 Å². The van der Waals surface area contributed by atoms with Crippen LogP contribution >= 0.6 is 0 Å². The van der Waals surface area contributed by atoms with Gasteiger partial charge in [-0.1, -0.05) is 44.2 Å². The Balaban J connectivity index is 2.78. The predicted octanol–water partition coefficient (Wildman–Crippen LogP) is 2.81. The van der Waals surface area contributed by atoms with Crippen molar-refractivity contribution in [3.05, 3.63) is 35.9 Å². The zero-order valence-electron chi connectivity index (χ0n) is 8.40. The summed E-state index contributed by atoms with van der Waals surface area (Å²) in [6, 6.07) is 10.4. The third kappa shape index (κ3) is 2.56. The van der Waals surface area contributed by atoms with E-state index in [2.05, 4.69) is 38.1 Å². The quantitative estimate of drug-likeness (QED) is 0.751. The first-order valence-corrected chi connectivity index (χ1v) is 4.95. The van der Waals surface area contributed by atoms with Gasteiger partial charge in [0.1, 0.15) is 0 Å². The number of rotatable bonds is 4. The summed E-state index contributed by atoms with van der Waals surface area (Å²) in [5, 5.41) is 9.10. The van der Waals surface area contributed by atoms with Crippen LogP contribution in [0.5, 0.6) is 0 Å². The van der Waals surface area contributed by atoms with Crippen molar-refractivity contribution in [2.45, 2.75) is 26.2 Å². The molecule has 0 bridgehead atoms. The molecule has 0 heterocycles. The SMILES string of the molecule is CC[C@@H](c1ccccc1)[C@H](C)CO. The molecule has 0 aliphatic carbocycles. The lowest BCUT2D eigenvalue weighted by Crippen LogP contribution is -2.12. The van der Waals surface area contributed by atoms with Crippen LogP contribution < -0.4 is 0 Å². The lowest BCUT2D eigenvalue weighted by Gasteiger charge is -2.20. The molecule has 0 spiro atoms. The summed E-state index contributed by atoms with van der Waals surface area (Å²) in [7, 11) is 0. The van der Waals surface area contributed by atoms with Crippen LogP contribution in [0.2, 0.25) is 0 Å². The van der Waals surface area contributed by atoms with E-state index in [1.807, 2.05) is 6.07 Å². The first-order valence-electron chi connectivity index (χ1n) is 4.95. The first kappa shape index (κ1) is 10.3. The van der Waals surface area contributed by atoms with Crippen LogP contribution in [-0.4, -0.2) is 11.7 Å². The maximum absolute atomic E-state index is 9.10. The molecule has 1 aromatic carbocycles. The number of aliphatic hydroxyl groups excluding tert-OH is 1. The average Bonchev–Trinajstić information content (AvgIpc) is 2.20. The molecule has 13 heavy (non-hydrogen) atoms. The van der Waals surface area contributed by atoms with Gasteiger partial charge < -0.3 is 5.11 Å². The number of hydrogen-bond donors (Lipinski definition) is 1. The summed E-state index contributed by atoms with van der Waals surface area (Å²) < 4.78 is 0. The second-order valence-electron chi connectivity index (χ2n) is 3.59. The highest BCUT2D eigenvalue weighted by molar-refractivity contribution is 5.19. The van der Waals surface area contributed by atoms with Crippen molar-refractivity contribution in [2.75, 3.05) is 6.61 Å². The minimum Gasteiger partial charge on any atom is -0.396 e. The maximum Gasteiger partial charge on any atom is 0.0462 e. The monoisotopic (exact) mass is 178 g/mol. The molecule has 2 atom stereocenters. The fourth-order valence-electron chi connectivity index (χ4n) is 1.79. The van der Waals surface area contributed by atoms with Crippen LogP contribution in [0, 0.1) is 5.92 Å². The van der Waals surface area contributed by atoms with Crippen molar-refractivity contribution < 1.29 is 5.11 Å². The summed E-state index contributed by atoms with van der Waals surface area (Å²) in [6.07, 6.45) is 1.09. The van der Waals surface area contributed by atoms with Crippen molar-refractivity contribution in [3.63, 3.8) is 0 Å². The Hall–Kier alpha value is -0.820. The van der Waals surface area contributed by atoms with Gasteiger partial charge in [-0.3, -0.25) is 0 Å². The summed E-state index contributed by atoms with van der Waals surface area (Å²) in [6.45, 7) is 4.54. The van der Waals surface area contributed by atoms with E-state index in [0.29, 0.717) is 11.8 Å². The van der Waals surface area contributed by atoms with Gasteiger partial charge in [-0.25, -0.2) is 0 Å². The normalized spacial score (nSPS) is 15.3. The van der Waals surface area contributed by atoms with Gasteiger partial charge in [0.05, 0.1) is 0 Å². The van der Waals surface area contributed by atoms with Crippen molar-refractivity contribution in [1.82, 2.24) is 0 Å². The zero-order valence-corrected chi connectivity index (χ0v) is 8.40. The Kier molecular flexibility index (Phi) is 3.97. The standard InChI is InChI=1S/C12H18O/c1-3-12(10(2)9-13)11-7-5-4-6-8-11/h4-8,10,12-13H,3,9H2,1-2H3/t10-,12-/m1/s1. The number of benzene rings is 1. The second kappa shape index (κ2) is 5.03. The van der Waals surface area contributed by atoms with Gasteiger partial charge in [-0.2, -0.15) is 0 Å². The van der Waals surface area contributed by atoms with Gasteiger partial charge in [0.2, 0.25) is 0 Å². The van der Waals surface area contributed by atoms with Gasteiger partial charge in [0.15, 0.2) is 0 Å². The highest BCUT2D eigenvalue weighted by Gasteiger charge is 2.15. The largest absolute Gasteiger partial charge is 0.396 e. The second-order valence-corrected chi connectivity index (χ2v) is 3.59. The molecule has 0 aromatic heterocycles. The molecular weight excluding hydrogens is 160 g/mol. The third-order valence-corrected chi connectivity index (χ3v) is 2.64. The molecule has 0 unspecified atom stereocenters. The third-order valence-electron chi connectivity index (χ3n) is 2.64. The molecule has 1 rings (SSSR count). The molecule has 0 amide bonds. The van der Waals surface area contributed by atoms with Crippen LogP contribution in [0.4, 0.5) is 0 Å². The van der Waals surface area contributed by atoms with Crippen LogP contribution in [0.3, 0.4) is 0 Å². The van der Waals surface area contributed by atoms with E-state index in [0.717, 1.165) is 6.42 Å². The predicted molar refractivity (Wildman–Crippen MR) is 55.7 cm³/mol. The number of aliphatic hydroxyl groups is 1. The molecule has 0 saturated carbocycles. The van der Waals surface area contributed by atoms with E-state index in [9.17, 15) is 0 Å². The maximum atomic E-state index is 9.10. The molecule has 0 aliphatic rings. The van der Waals surface area contributed by atoms with E-state index in [4.69, 9.17) is 5.11 Å². The van der Waals surface area contributed by atoms with Gasteiger partial charge in [0.25, 0.3) is 0 Å². The fourth-order valence-corrected chi connectivity index (χ4v) is 1.79. The Morgan fingerprint density at radius 3 is 2.31 bits per heavy atom. The molecule has 0 fully saturated rings. The summed E-state index contributed by atoms with van der Waals surface area (Å²) in [4.78, 5) is 0. The minimum atomic E-state index is 0.271. The van der Waals surface area contributed by atoms with Gasteiger partial charge in [0, 0.05) is 6.61 Å². The topological polar surface area (TPSA) is 20.2 Å². The van der Waals surface area contributed by atoms with E-state index in [-0.39, 0.29) is 6.61 Å². The van der Waals surface area contributed by atoms with E-state index in [1.165, 1.54) is 5.56 Å². The lowest BCUT2D eigenvalue weighted by atomic mass is 9.86. The fraction of sp³-hybridized carbons (Fsp3) is 0.500. The van der Waals surface area contributed by atoms with Crippen molar-refractivity contribution >= 4 is 0 Å². The molecule has 0 saturated heterocycles. The molecule has 1 nitrogen and oxygen atoms in total. The van der Waals surface area contributed by atoms with Crippen molar-refractivity contribution in [1.29, 1.82) is 0 Å². The molecule has 0 aliphatic heterocycles. The zero-order chi connectivity index (χ0) is 9.68. The highest BCUT2D eigenvalue weighted by atomic mass is 16.3. The van der Waals surface area contributed by atoms with Crippen molar-refractivity contribution in [2.24, 2.45) is 5.92 Å². The molecule has 72 valence electrons. The Bertz CT molecular complexity index is 230. The summed E-state index contributed by atoms with van der Waals surface area (Å²) in [5.74, 6) is 0.846. The Labute approximate surface area is 80.4 Å². The van der Waals surface area contributed by atoms with E-state index >= 15 is 0 Å². The van der Waals surface area contributed by atoms with Crippen LogP contribution in [0.15, 0.2) is 30.3 Å². The molecular formula is C12H18O. The number of hydrogen-bond acceptors (Lipinski definition) is 1. The average molecular weight is 178 g/mol. The molecule has 1 N–H and O–H groups in total. The van der Waals surface area contributed by atoms with Crippen LogP contribution in [0.1, 0.15) is 31.7 Å². The van der Waals surface area contributed by atoms with E-state index < -0.39 is 0 Å².